The second-order valence-electron chi connectivity index (χ2n) is 3.84. The van der Waals surface area contributed by atoms with E-state index in [0.717, 1.165) is 12.4 Å². The highest BCUT2D eigenvalue weighted by Gasteiger charge is 2.27. The van der Waals surface area contributed by atoms with E-state index in [1.54, 1.807) is 0 Å². The summed E-state index contributed by atoms with van der Waals surface area (Å²) in [5.41, 5.74) is 0. The minimum atomic E-state index is -4.44. The van der Waals surface area contributed by atoms with Crippen LogP contribution in [-0.2, 0) is 14.8 Å². The molecule has 0 aliphatic heterocycles. The van der Waals surface area contributed by atoms with Gasteiger partial charge in [0.25, 0.3) is 0 Å². The van der Waals surface area contributed by atoms with Crippen LogP contribution in [0.3, 0.4) is 0 Å². The third kappa shape index (κ3) is 6.69. The van der Waals surface area contributed by atoms with Gasteiger partial charge in [-0.3, -0.25) is 0 Å². The average molecular weight is 328 g/mol. The number of aromatic nitrogens is 2. The molecule has 1 aromatic heterocycles. The minimum Gasteiger partial charge on any atom is -0.371 e. The third-order valence-electron chi connectivity index (χ3n) is 2.08. The molecule has 0 aromatic carbocycles. The molecule has 120 valence electrons. The van der Waals surface area contributed by atoms with Crippen molar-refractivity contribution in [3.05, 3.63) is 12.4 Å². The van der Waals surface area contributed by atoms with Crippen molar-refractivity contribution in [1.82, 2.24) is 14.7 Å². The van der Waals surface area contributed by atoms with Gasteiger partial charge in [-0.15, -0.1) is 0 Å². The molecule has 0 radical (unpaired) electrons. The zero-order valence-electron chi connectivity index (χ0n) is 11.1. The largest absolute Gasteiger partial charge is 0.411 e. The molecule has 1 rings (SSSR count). The Balaban J connectivity index is 2.46. The summed E-state index contributed by atoms with van der Waals surface area (Å²) in [4.78, 5) is 7.40. The average Bonchev–Trinajstić information content (AvgIpc) is 2.38. The van der Waals surface area contributed by atoms with Gasteiger partial charge in [0.1, 0.15) is 11.5 Å². The Kier molecular flexibility index (Phi) is 6.30. The van der Waals surface area contributed by atoms with E-state index in [-0.39, 0.29) is 17.4 Å². The first-order valence-corrected chi connectivity index (χ1v) is 7.43. The van der Waals surface area contributed by atoms with Crippen molar-refractivity contribution in [3.8, 4) is 0 Å². The number of anilines is 1. The molecule has 0 atom stereocenters. The molecule has 0 aliphatic rings. The standard InChI is InChI=1S/C10H15F3N4O3S/c1-2-14-9-15-5-8(6-16-9)21(18,19)17-3-4-20-7-10(11,12)13/h5-6,17H,2-4,7H2,1H3,(H,14,15,16). The Bertz CT molecular complexity index is 533. The van der Waals surface area contributed by atoms with Gasteiger partial charge in [-0.25, -0.2) is 23.1 Å². The van der Waals surface area contributed by atoms with Crippen LogP contribution in [0.1, 0.15) is 6.92 Å². The maximum atomic E-state index is 11.8. The van der Waals surface area contributed by atoms with Crippen molar-refractivity contribution in [2.45, 2.75) is 18.0 Å². The lowest BCUT2D eigenvalue weighted by atomic mass is 10.6. The van der Waals surface area contributed by atoms with Gasteiger partial charge in [-0.2, -0.15) is 13.2 Å². The van der Waals surface area contributed by atoms with Gasteiger partial charge in [0.2, 0.25) is 16.0 Å². The highest BCUT2D eigenvalue weighted by Crippen LogP contribution is 2.14. The van der Waals surface area contributed by atoms with Crippen molar-refractivity contribution in [1.29, 1.82) is 0 Å². The molecule has 0 saturated carbocycles. The molecule has 0 fully saturated rings. The molecule has 2 N–H and O–H groups in total. The van der Waals surface area contributed by atoms with Gasteiger partial charge >= 0.3 is 6.18 Å². The summed E-state index contributed by atoms with van der Waals surface area (Å²) in [7, 11) is -3.87. The molecular weight excluding hydrogens is 313 g/mol. The third-order valence-corrected chi connectivity index (χ3v) is 3.49. The van der Waals surface area contributed by atoms with Crippen LogP contribution in [0, 0.1) is 0 Å². The highest BCUT2D eigenvalue weighted by atomic mass is 32.2. The van der Waals surface area contributed by atoms with Gasteiger partial charge in [-0.05, 0) is 6.92 Å². The number of ether oxygens (including phenoxy) is 1. The molecule has 1 heterocycles. The summed E-state index contributed by atoms with van der Waals surface area (Å²) < 4.78 is 65.3. The van der Waals surface area contributed by atoms with Gasteiger partial charge in [0.15, 0.2) is 0 Å². The predicted octanol–water partition coefficient (Wildman–Crippen LogP) is 0.766. The maximum Gasteiger partial charge on any atom is 0.411 e. The first-order chi connectivity index (χ1) is 9.74. The molecule has 0 saturated heterocycles. The Morgan fingerprint density at radius 3 is 2.43 bits per heavy atom. The van der Waals surface area contributed by atoms with E-state index >= 15 is 0 Å². The number of hydrogen-bond acceptors (Lipinski definition) is 6. The fraction of sp³-hybridized carbons (Fsp3) is 0.600. The number of halogens is 3. The Hall–Kier alpha value is -1.46. The molecule has 0 aliphatic carbocycles. The summed E-state index contributed by atoms with van der Waals surface area (Å²) in [6.07, 6.45) is -2.23. The van der Waals surface area contributed by atoms with Crippen molar-refractivity contribution in [3.63, 3.8) is 0 Å². The van der Waals surface area contributed by atoms with Crippen LogP contribution >= 0.6 is 0 Å². The van der Waals surface area contributed by atoms with Crippen LogP contribution in [0.5, 0.6) is 0 Å². The predicted molar refractivity (Wildman–Crippen MR) is 68.3 cm³/mol. The zero-order valence-corrected chi connectivity index (χ0v) is 12.0. The van der Waals surface area contributed by atoms with Gasteiger partial charge < -0.3 is 10.1 Å². The summed E-state index contributed by atoms with van der Waals surface area (Å²) in [5.74, 6) is 0.282. The first-order valence-electron chi connectivity index (χ1n) is 5.94. The van der Waals surface area contributed by atoms with Gasteiger partial charge in [0.05, 0.1) is 19.0 Å². The fourth-order valence-electron chi connectivity index (χ4n) is 1.22. The normalized spacial score (nSPS) is 12.4. The monoisotopic (exact) mass is 328 g/mol. The number of rotatable bonds is 8. The fourth-order valence-corrected chi connectivity index (χ4v) is 2.13. The van der Waals surface area contributed by atoms with Crippen LogP contribution in [0.2, 0.25) is 0 Å². The Morgan fingerprint density at radius 1 is 1.29 bits per heavy atom. The lowest BCUT2D eigenvalue weighted by Crippen LogP contribution is -2.29. The molecule has 0 amide bonds. The van der Waals surface area contributed by atoms with E-state index in [4.69, 9.17) is 0 Å². The topological polar surface area (TPSA) is 93.2 Å². The number of nitrogens with one attached hydrogen (secondary N) is 2. The molecule has 21 heavy (non-hydrogen) atoms. The molecule has 0 bridgehead atoms. The van der Waals surface area contributed by atoms with Crippen LogP contribution in [0.15, 0.2) is 17.3 Å². The molecule has 7 nitrogen and oxygen atoms in total. The van der Waals surface area contributed by atoms with E-state index in [2.05, 4.69) is 24.7 Å². The van der Waals surface area contributed by atoms with E-state index in [9.17, 15) is 21.6 Å². The number of hydrogen-bond donors (Lipinski definition) is 2. The Labute approximate surface area is 120 Å². The summed E-state index contributed by atoms with van der Waals surface area (Å²) in [6, 6.07) is 0. The van der Waals surface area contributed by atoms with E-state index in [1.807, 2.05) is 6.92 Å². The summed E-state index contributed by atoms with van der Waals surface area (Å²) in [6.45, 7) is 0.315. The lowest BCUT2D eigenvalue weighted by Gasteiger charge is -2.09. The van der Waals surface area contributed by atoms with Gasteiger partial charge in [-0.1, -0.05) is 0 Å². The molecule has 0 spiro atoms. The van der Waals surface area contributed by atoms with Crippen LogP contribution in [-0.4, -0.2) is 50.9 Å². The number of sulfonamides is 1. The molecular formula is C10H15F3N4O3S. The molecule has 0 unspecified atom stereocenters. The van der Waals surface area contributed by atoms with Gasteiger partial charge in [0, 0.05) is 13.1 Å². The van der Waals surface area contributed by atoms with Crippen molar-refractivity contribution in [2.75, 3.05) is 31.6 Å². The van der Waals surface area contributed by atoms with Crippen LogP contribution in [0.25, 0.3) is 0 Å². The molecule has 11 heteroatoms. The van der Waals surface area contributed by atoms with Crippen LogP contribution < -0.4 is 10.0 Å². The smallest absolute Gasteiger partial charge is 0.371 e. The summed E-state index contributed by atoms with van der Waals surface area (Å²) in [5, 5.41) is 2.80. The maximum absolute atomic E-state index is 11.8. The minimum absolute atomic E-state index is 0.181. The Morgan fingerprint density at radius 2 is 1.90 bits per heavy atom. The molecule has 1 aromatic rings. The number of alkyl halides is 3. The lowest BCUT2D eigenvalue weighted by molar-refractivity contribution is -0.173. The van der Waals surface area contributed by atoms with Crippen molar-refractivity contribution >= 4 is 16.0 Å². The van der Waals surface area contributed by atoms with E-state index in [1.165, 1.54) is 0 Å². The second-order valence-corrected chi connectivity index (χ2v) is 5.61. The van der Waals surface area contributed by atoms with E-state index in [0.29, 0.717) is 6.54 Å². The highest BCUT2D eigenvalue weighted by molar-refractivity contribution is 7.89. The van der Waals surface area contributed by atoms with Crippen LogP contribution in [0.4, 0.5) is 19.1 Å². The zero-order chi connectivity index (χ0) is 15.9. The summed E-state index contributed by atoms with van der Waals surface area (Å²) >= 11 is 0. The van der Waals surface area contributed by atoms with E-state index < -0.39 is 29.4 Å². The van der Waals surface area contributed by atoms with Crippen molar-refractivity contribution in [2.24, 2.45) is 0 Å². The first kappa shape index (κ1) is 17.6. The second kappa shape index (κ2) is 7.52. The van der Waals surface area contributed by atoms with Crippen molar-refractivity contribution < 1.29 is 26.3 Å². The quantitative estimate of drug-likeness (QED) is 0.685. The SMILES string of the molecule is CCNc1ncc(S(=O)(=O)NCCOCC(F)(F)F)cn1. The number of nitrogens with zero attached hydrogens (tertiary/aromatic N) is 2.